The summed E-state index contributed by atoms with van der Waals surface area (Å²) in [6.45, 7) is 0. The average molecular weight is 293 g/mol. The Morgan fingerprint density at radius 1 is 1.20 bits per heavy atom. The number of benzene rings is 1. The van der Waals surface area contributed by atoms with Crippen molar-refractivity contribution in [3.05, 3.63) is 29.8 Å². The first-order chi connectivity index (χ1) is 9.31. The molecule has 20 heavy (non-hydrogen) atoms. The first-order valence-corrected chi connectivity index (χ1v) is 6.20. The summed E-state index contributed by atoms with van der Waals surface area (Å²) in [6.07, 6.45) is -7.30. The van der Waals surface area contributed by atoms with Gasteiger partial charge in [-0.05, 0) is 36.5 Å². The first kappa shape index (κ1) is 15.1. The number of halogens is 4. The average Bonchev–Trinajstić information content (AvgIpc) is 3.21. The van der Waals surface area contributed by atoms with Crippen LogP contribution in [0, 0.1) is 5.92 Å². The van der Waals surface area contributed by atoms with Crippen molar-refractivity contribution >= 4 is 0 Å². The lowest BCUT2D eigenvalue weighted by Gasteiger charge is -2.20. The number of ether oxygens (including phenoxy) is 1. The second-order valence-electron chi connectivity index (χ2n) is 4.89. The molecule has 2 rings (SSSR count). The summed E-state index contributed by atoms with van der Waals surface area (Å²) in [5, 5.41) is 9.86. The standard InChI is InChI=1S/C13H15F4NO2/c14-12(15)13(16,17)20-9-5-3-7(4-6-9)10(18)11(19)8-1-2-8/h3-6,8,10-12,19H,1-2,18H2/t10-,11+/m0/s1. The molecule has 0 unspecified atom stereocenters. The highest BCUT2D eigenvalue weighted by Crippen LogP contribution is 2.37. The summed E-state index contributed by atoms with van der Waals surface area (Å²) in [5.74, 6) is -0.212. The van der Waals surface area contributed by atoms with Gasteiger partial charge in [0.05, 0.1) is 12.1 Å². The highest BCUT2D eigenvalue weighted by molar-refractivity contribution is 5.30. The van der Waals surface area contributed by atoms with Crippen LogP contribution in [0.3, 0.4) is 0 Å². The summed E-state index contributed by atoms with van der Waals surface area (Å²) in [5.41, 5.74) is 6.39. The van der Waals surface area contributed by atoms with E-state index in [9.17, 15) is 22.7 Å². The van der Waals surface area contributed by atoms with Crippen LogP contribution in [0.2, 0.25) is 0 Å². The molecule has 1 aliphatic rings. The number of alkyl halides is 4. The van der Waals surface area contributed by atoms with E-state index in [0.29, 0.717) is 5.56 Å². The maximum atomic E-state index is 12.7. The van der Waals surface area contributed by atoms with Gasteiger partial charge in [-0.1, -0.05) is 12.1 Å². The van der Waals surface area contributed by atoms with Gasteiger partial charge in [-0.15, -0.1) is 0 Å². The minimum Gasteiger partial charge on any atom is -0.428 e. The molecule has 1 aliphatic carbocycles. The Hall–Kier alpha value is -1.34. The molecule has 7 heteroatoms. The Morgan fingerprint density at radius 3 is 2.20 bits per heavy atom. The number of hydrogen-bond acceptors (Lipinski definition) is 3. The fourth-order valence-electron chi connectivity index (χ4n) is 1.89. The van der Waals surface area contributed by atoms with Crippen LogP contribution < -0.4 is 10.5 Å². The van der Waals surface area contributed by atoms with Crippen LogP contribution in [0.4, 0.5) is 17.6 Å². The Balaban J connectivity index is 2.02. The normalized spacial score (nSPS) is 18.9. The van der Waals surface area contributed by atoms with Gasteiger partial charge in [-0.25, -0.2) is 0 Å². The van der Waals surface area contributed by atoms with Crippen molar-refractivity contribution < 1.29 is 27.4 Å². The van der Waals surface area contributed by atoms with E-state index in [1.165, 1.54) is 12.1 Å². The lowest BCUT2D eigenvalue weighted by Crippen LogP contribution is -2.33. The van der Waals surface area contributed by atoms with Gasteiger partial charge in [-0.3, -0.25) is 0 Å². The molecule has 0 aliphatic heterocycles. The van der Waals surface area contributed by atoms with Gasteiger partial charge in [0.15, 0.2) is 0 Å². The second kappa shape index (κ2) is 5.57. The van der Waals surface area contributed by atoms with Gasteiger partial charge in [-0.2, -0.15) is 17.6 Å². The molecule has 1 saturated carbocycles. The largest absolute Gasteiger partial charge is 0.461 e. The molecule has 1 aromatic carbocycles. The summed E-state index contributed by atoms with van der Waals surface area (Å²) < 4.78 is 53.3. The fraction of sp³-hybridized carbons (Fsp3) is 0.538. The molecule has 0 aromatic heterocycles. The van der Waals surface area contributed by atoms with Crippen LogP contribution in [-0.4, -0.2) is 23.7 Å². The summed E-state index contributed by atoms with van der Waals surface area (Å²) in [4.78, 5) is 0. The lowest BCUT2D eigenvalue weighted by molar-refractivity contribution is -0.253. The highest BCUT2D eigenvalue weighted by Gasteiger charge is 2.44. The van der Waals surface area contributed by atoms with Crippen LogP contribution in [0.5, 0.6) is 5.75 Å². The Bertz CT molecular complexity index is 448. The molecule has 2 atom stereocenters. The zero-order valence-electron chi connectivity index (χ0n) is 10.5. The van der Waals surface area contributed by atoms with Crippen LogP contribution in [0.25, 0.3) is 0 Å². The van der Waals surface area contributed by atoms with Gasteiger partial charge >= 0.3 is 12.5 Å². The van der Waals surface area contributed by atoms with Crippen LogP contribution in [-0.2, 0) is 0 Å². The quantitative estimate of drug-likeness (QED) is 0.793. The molecular formula is C13H15F4NO2. The Labute approximate surface area is 113 Å². The topological polar surface area (TPSA) is 55.5 Å². The molecule has 0 bridgehead atoms. The van der Waals surface area contributed by atoms with E-state index < -0.39 is 24.7 Å². The number of rotatable bonds is 6. The van der Waals surface area contributed by atoms with Gasteiger partial charge in [0.25, 0.3) is 0 Å². The van der Waals surface area contributed by atoms with Crippen molar-refractivity contribution in [2.24, 2.45) is 11.7 Å². The molecular weight excluding hydrogens is 278 g/mol. The molecule has 0 heterocycles. The Kier molecular flexibility index (Phi) is 4.19. The highest BCUT2D eigenvalue weighted by atomic mass is 19.3. The zero-order chi connectivity index (χ0) is 14.9. The smallest absolute Gasteiger partial charge is 0.428 e. The number of aliphatic hydroxyl groups is 1. The monoisotopic (exact) mass is 293 g/mol. The minimum atomic E-state index is -4.53. The van der Waals surface area contributed by atoms with Crippen molar-refractivity contribution in [2.75, 3.05) is 0 Å². The summed E-state index contributed by atoms with van der Waals surface area (Å²) >= 11 is 0. The molecule has 1 aromatic rings. The van der Waals surface area contributed by atoms with Crippen molar-refractivity contribution in [3.63, 3.8) is 0 Å². The van der Waals surface area contributed by atoms with E-state index >= 15 is 0 Å². The van der Waals surface area contributed by atoms with Gasteiger partial charge in [0.2, 0.25) is 0 Å². The fourth-order valence-corrected chi connectivity index (χ4v) is 1.89. The van der Waals surface area contributed by atoms with Crippen molar-refractivity contribution in [1.29, 1.82) is 0 Å². The maximum Gasteiger partial charge on any atom is 0.461 e. The van der Waals surface area contributed by atoms with Crippen molar-refractivity contribution in [3.8, 4) is 5.75 Å². The second-order valence-corrected chi connectivity index (χ2v) is 4.89. The van der Waals surface area contributed by atoms with Crippen LogP contribution in [0.1, 0.15) is 24.4 Å². The lowest BCUT2D eigenvalue weighted by atomic mass is 9.99. The number of hydrogen-bond donors (Lipinski definition) is 2. The van der Waals surface area contributed by atoms with Crippen molar-refractivity contribution in [2.45, 2.75) is 37.5 Å². The SMILES string of the molecule is N[C@@H](c1ccc(OC(F)(F)C(F)F)cc1)[C@H](O)C1CC1. The molecule has 0 saturated heterocycles. The molecule has 0 spiro atoms. The molecule has 0 amide bonds. The van der Waals surface area contributed by atoms with Gasteiger partial charge in [0, 0.05) is 0 Å². The van der Waals surface area contributed by atoms with E-state index in [-0.39, 0.29) is 11.7 Å². The molecule has 3 nitrogen and oxygen atoms in total. The molecule has 112 valence electrons. The number of nitrogens with two attached hydrogens (primary N) is 1. The van der Waals surface area contributed by atoms with E-state index in [4.69, 9.17) is 5.73 Å². The predicted octanol–water partition coefficient (Wildman–Crippen LogP) is 2.69. The Morgan fingerprint density at radius 2 is 1.75 bits per heavy atom. The first-order valence-electron chi connectivity index (χ1n) is 6.20. The molecule has 1 fully saturated rings. The third-order valence-electron chi connectivity index (χ3n) is 3.25. The van der Waals surface area contributed by atoms with Crippen LogP contribution >= 0.6 is 0 Å². The maximum absolute atomic E-state index is 12.7. The van der Waals surface area contributed by atoms with E-state index in [1.807, 2.05) is 0 Å². The van der Waals surface area contributed by atoms with E-state index in [0.717, 1.165) is 25.0 Å². The third-order valence-corrected chi connectivity index (χ3v) is 3.25. The summed E-state index contributed by atoms with van der Waals surface area (Å²) in [6, 6.07) is 4.39. The van der Waals surface area contributed by atoms with Gasteiger partial charge < -0.3 is 15.6 Å². The third kappa shape index (κ3) is 3.40. The molecule has 0 radical (unpaired) electrons. The molecule has 3 N–H and O–H groups in total. The van der Waals surface area contributed by atoms with E-state index in [1.54, 1.807) is 0 Å². The van der Waals surface area contributed by atoms with Crippen LogP contribution in [0.15, 0.2) is 24.3 Å². The zero-order valence-corrected chi connectivity index (χ0v) is 10.5. The summed E-state index contributed by atoms with van der Waals surface area (Å²) in [7, 11) is 0. The van der Waals surface area contributed by atoms with E-state index in [2.05, 4.69) is 4.74 Å². The van der Waals surface area contributed by atoms with Gasteiger partial charge in [0.1, 0.15) is 5.75 Å². The number of aliphatic hydroxyl groups excluding tert-OH is 1. The predicted molar refractivity (Wildman–Crippen MR) is 63.7 cm³/mol. The van der Waals surface area contributed by atoms with Crippen molar-refractivity contribution in [1.82, 2.24) is 0 Å². The minimum absolute atomic E-state index is 0.170.